The number of rotatable bonds is 7. The van der Waals surface area contributed by atoms with Gasteiger partial charge in [0.1, 0.15) is 0 Å². The van der Waals surface area contributed by atoms with E-state index in [4.69, 9.17) is 11.6 Å². The van der Waals surface area contributed by atoms with Crippen LogP contribution in [0.5, 0.6) is 0 Å². The normalized spacial score (nSPS) is 14.4. The Labute approximate surface area is 169 Å². The third-order valence-corrected chi connectivity index (χ3v) is 4.91. The predicted octanol–water partition coefficient (Wildman–Crippen LogP) is 3.50. The first kappa shape index (κ1) is 20.2. The molecule has 0 spiro atoms. The fourth-order valence-electron chi connectivity index (χ4n) is 2.93. The summed E-state index contributed by atoms with van der Waals surface area (Å²) in [4.78, 5) is 24.5. The molecule has 0 saturated heterocycles. The average molecular weight is 404 g/mol. The highest BCUT2D eigenvalue weighted by molar-refractivity contribution is 6.34. The molecule has 0 bridgehead atoms. The van der Waals surface area contributed by atoms with Gasteiger partial charge in [0.15, 0.2) is 0 Å². The first-order valence-corrected chi connectivity index (χ1v) is 9.86. The summed E-state index contributed by atoms with van der Waals surface area (Å²) >= 11 is 6.13. The summed E-state index contributed by atoms with van der Waals surface area (Å²) in [5, 5.41) is 13.3. The zero-order valence-electron chi connectivity index (χ0n) is 16.4. The third-order valence-electron chi connectivity index (χ3n) is 4.58. The number of carbonyl (C=O) groups excluding carboxylic acids is 2. The summed E-state index contributed by atoms with van der Waals surface area (Å²) < 4.78 is 1.95. The molecule has 1 aromatic carbocycles. The van der Waals surface area contributed by atoms with Crippen LogP contribution in [0.15, 0.2) is 24.3 Å². The monoisotopic (exact) mass is 403 g/mol. The zero-order chi connectivity index (χ0) is 20.3. The van der Waals surface area contributed by atoms with Crippen molar-refractivity contribution in [1.82, 2.24) is 20.4 Å². The first-order valence-electron chi connectivity index (χ1n) is 9.48. The maximum absolute atomic E-state index is 12.2. The van der Waals surface area contributed by atoms with Gasteiger partial charge in [-0.05, 0) is 56.9 Å². The number of carbonyl (C=O) groups is 2. The van der Waals surface area contributed by atoms with Crippen LogP contribution in [0.3, 0.4) is 0 Å². The van der Waals surface area contributed by atoms with Crippen molar-refractivity contribution in [3.8, 4) is 0 Å². The molecule has 28 heavy (non-hydrogen) atoms. The Morgan fingerprint density at radius 3 is 2.68 bits per heavy atom. The number of amides is 3. The zero-order valence-corrected chi connectivity index (χ0v) is 17.1. The van der Waals surface area contributed by atoms with E-state index in [0.717, 1.165) is 30.8 Å². The van der Waals surface area contributed by atoms with Crippen LogP contribution in [-0.4, -0.2) is 34.3 Å². The molecular weight excluding hydrogens is 378 g/mol. The predicted molar refractivity (Wildman–Crippen MR) is 110 cm³/mol. The van der Waals surface area contributed by atoms with E-state index in [9.17, 15) is 9.59 Å². The second-order valence-electron chi connectivity index (χ2n) is 7.49. The van der Waals surface area contributed by atoms with Crippen LogP contribution in [-0.2, 0) is 6.54 Å². The van der Waals surface area contributed by atoms with Gasteiger partial charge in [-0.25, -0.2) is 4.79 Å². The molecule has 1 aliphatic carbocycles. The van der Waals surface area contributed by atoms with E-state index in [1.807, 2.05) is 24.6 Å². The molecule has 0 radical (unpaired) electrons. The van der Waals surface area contributed by atoms with Crippen molar-refractivity contribution < 1.29 is 9.59 Å². The van der Waals surface area contributed by atoms with Gasteiger partial charge in [0, 0.05) is 30.5 Å². The summed E-state index contributed by atoms with van der Waals surface area (Å²) in [5.41, 5.74) is 2.98. The molecule has 1 unspecified atom stereocenters. The number of urea groups is 1. The number of anilines is 1. The largest absolute Gasteiger partial charge is 0.349 e. The molecule has 150 valence electrons. The number of aryl methyl sites for hydroxylation is 2. The Kier molecular flexibility index (Phi) is 6.24. The SMILES string of the molecule is Cc1cc(C)n(CC(C)CNC(=O)Nc2ccc(Cl)c(C(=O)NC3CC3)c2)n1. The van der Waals surface area contributed by atoms with Crippen LogP contribution >= 0.6 is 11.6 Å². The third kappa shape index (κ3) is 5.48. The molecule has 2 aromatic rings. The molecule has 1 fully saturated rings. The Hall–Kier alpha value is -2.54. The first-order chi connectivity index (χ1) is 13.3. The van der Waals surface area contributed by atoms with Crippen molar-refractivity contribution in [2.24, 2.45) is 5.92 Å². The highest BCUT2D eigenvalue weighted by Crippen LogP contribution is 2.24. The lowest BCUT2D eigenvalue weighted by Gasteiger charge is -2.15. The van der Waals surface area contributed by atoms with Gasteiger partial charge in [0.25, 0.3) is 5.91 Å². The van der Waals surface area contributed by atoms with Gasteiger partial charge in [0.05, 0.1) is 16.3 Å². The molecule has 1 heterocycles. The Balaban J connectivity index is 1.51. The fraction of sp³-hybridized carbons (Fsp3) is 0.450. The Bertz CT molecular complexity index is 875. The van der Waals surface area contributed by atoms with E-state index in [0.29, 0.717) is 22.8 Å². The minimum atomic E-state index is -0.323. The van der Waals surface area contributed by atoms with Gasteiger partial charge in [-0.15, -0.1) is 0 Å². The quantitative estimate of drug-likeness (QED) is 0.661. The molecule has 8 heteroatoms. The van der Waals surface area contributed by atoms with Crippen LogP contribution in [0, 0.1) is 19.8 Å². The van der Waals surface area contributed by atoms with E-state index in [1.165, 1.54) is 0 Å². The smallest absolute Gasteiger partial charge is 0.319 e. The second-order valence-corrected chi connectivity index (χ2v) is 7.90. The molecule has 3 rings (SSSR count). The van der Waals surface area contributed by atoms with E-state index in [1.54, 1.807) is 18.2 Å². The van der Waals surface area contributed by atoms with Gasteiger partial charge < -0.3 is 16.0 Å². The maximum atomic E-state index is 12.2. The fourth-order valence-corrected chi connectivity index (χ4v) is 3.13. The number of nitrogens with zero attached hydrogens (tertiary/aromatic N) is 2. The molecule has 3 amide bonds. The molecule has 7 nitrogen and oxygen atoms in total. The highest BCUT2D eigenvalue weighted by atomic mass is 35.5. The topological polar surface area (TPSA) is 88.0 Å². The van der Waals surface area contributed by atoms with E-state index in [-0.39, 0.29) is 23.9 Å². The number of halogens is 1. The van der Waals surface area contributed by atoms with E-state index in [2.05, 4.69) is 28.0 Å². The van der Waals surface area contributed by atoms with E-state index >= 15 is 0 Å². The molecule has 1 aliphatic rings. The second kappa shape index (κ2) is 8.65. The van der Waals surface area contributed by atoms with Crippen molar-refractivity contribution in [1.29, 1.82) is 0 Å². The minimum Gasteiger partial charge on any atom is -0.349 e. The Morgan fingerprint density at radius 2 is 2.04 bits per heavy atom. The molecule has 1 atom stereocenters. The van der Waals surface area contributed by atoms with Crippen LogP contribution < -0.4 is 16.0 Å². The van der Waals surface area contributed by atoms with Crippen LogP contribution in [0.2, 0.25) is 5.02 Å². The van der Waals surface area contributed by atoms with Gasteiger partial charge in [-0.1, -0.05) is 18.5 Å². The van der Waals surface area contributed by atoms with Crippen molar-refractivity contribution >= 4 is 29.2 Å². The lowest BCUT2D eigenvalue weighted by Crippen LogP contribution is -2.34. The van der Waals surface area contributed by atoms with Gasteiger partial charge in [-0.2, -0.15) is 5.10 Å². The minimum absolute atomic E-state index is 0.213. The summed E-state index contributed by atoms with van der Waals surface area (Å²) in [5.74, 6) is 0.00362. The van der Waals surface area contributed by atoms with Gasteiger partial charge >= 0.3 is 6.03 Å². The molecule has 0 aliphatic heterocycles. The summed E-state index contributed by atoms with van der Waals surface area (Å²) in [6.07, 6.45) is 2.00. The molecule has 1 aromatic heterocycles. The Morgan fingerprint density at radius 1 is 1.29 bits per heavy atom. The highest BCUT2D eigenvalue weighted by Gasteiger charge is 2.25. The van der Waals surface area contributed by atoms with Crippen molar-refractivity contribution in [2.45, 2.75) is 46.2 Å². The van der Waals surface area contributed by atoms with Crippen molar-refractivity contribution in [3.63, 3.8) is 0 Å². The molecular formula is C20H26ClN5O2. The van der Waals surface area contributed by atoms with Crippen molar-refractivity contribution in [2.75, 3.05) is 11.9 Å². The summed E-state index contributed by atoms with van der Waals surface area (Å²) in [7, 11) is 0. The lowest BCUT2D eigenvalue weighted by molar-refractivity contribution is 0.0951. The van der Waals surface area contributed by atoms with E-state index < -0.39 is 0 Å². The lowest BCUT2D eigenvalue weighted by atomic mass is 10.1. The van der Waals surface area contributed by atoms with Gasteiger partial charge in [-0.3, -0.25) is 9.48 Å². The maximum Gasteiger partial charge on any atom is 0.319 e. The number of nitrogens with one attached hydrogen (secondary N) is 3. The summed E-state index contributed by atoms with van der Waals surface area (Å²) in [6, 6.07) is 6.84. The number of hydrogen-bond donors (Lipinski definition) is 3. The number of aromatic nitrogens is 2. The van der Waals surface area contributed by atoms with Crippen LogP contribution in [0.4, 0.5) is 10.5 Å². The molecule has 3 N–H and O–H groups in total. The van der Waals surface area contributed by atoms with Crippen LogP contribution in [0.25, 0.3) is 0 Å². The van der Waals surface area contributed by atoms with Crippen molar-refractivity contribution in [3.05, 3.63) is 46.2 Å². The van der Waals surface area contributed by atoms with Crippen LogP contribution in [0.1, 0.15) is 41.5 Å². The summed E-state index contributed by atoms with van der Waals surface area (Å²) in [6.45, 7) is 7.27. The number of benzene rings is 1. The average Bonchev–Trinajstić information content (AvgIpc) is 3.39. The molecule has 1 saturated carbocycles. The van der Waals surface area contributed by atoms with Gasteiger partial charge in [0.2, 0.25) is 0 Å². The standard InChI is InChI=1S/C20H26ClN5O2/c1-12(11-26-14(3)8-13(2)25-26)10-22-20(28)24-16-6-7-18(21)17(9-16)19(27)23-15-4-5-15/h6-9,12,15H,4-5,10-11H2,1-3H3,(H,23,27)(H2,22,24,28). The number of hydrogen-bond acceptors (Lipinski definition) is 3.